The first-order valence-electron chi connectivity index (χ1n) is 7.54. The number of carbonyl (C=O) groups is 2. The Labute approximate surface area is 143 Å². The predicted molar refractivity (Wildman–Crippen MR) is 92.3 cm³/mol. The van der Waals surface area contributed by atoms with Gasteiger partial charge in [0.15, 0.2) is 0 Å². The molecule has 0 spiro atoms. The number of hydrogen-bond donors (Lipinski definition) is 2. The second-order valence-electron chi connectivity index (χ2n) is 5.34. The average Bonchev–Trinajstić information content (AvgIpc) is 2.55. The molecule has 2 N–H and O–H groups in total. The first kappa shape index (κ1) is 19.4. The maximum absolute atomic E-state index is 12.5. The molecule has 23 heavy (non-hydrogen) atoms. The monoisotopic (exact) mass is 341 g/mol. The van der Waals surface area contributed by atoms with Gasteiger partial charge in [-0.2, -0.15) is 0 Å². The van der Waals surface area contributed by atoms with Gasteiger partial charge in [-0.1, -0.05) is 6.07 Å². The third-order valence-electron chi connectivity index (χ3n) is 3.66. The molecule has 1 aromatic rings. The summed E-state index contributed by atoms with van der Waals surface area (Å²) < 4.78 is 5.26. The zero-order chi connectivity index (χ0) is 15.9. The molecular formula is C16H24ClN3O3. The molecule has 2 amide bonds. The number of carbonyl (C=O) groups excluding carboxylic acids is 2. The van der Waals surface area contributed by atoms with Gasteiger partial charge in [0.05, 0.1) is 13.2 Å². The third-order valence-corrected chi connectivity index (χ3v) is 3.66. The zero-order valence-electron chi connectivity index (χ0n) is 13.6. The molecule has 1 aliphatic heterocycles. The number of nitrogens with one attached hydrogen (secondary N) is 2. The molecule has 0 saturated carbocycles. The summed E-state index contributed by atoms with van der Waals surface area (Å²) in [5.74, 6) is -0.0811. The van der Waals surface area contributed by atoms with Crippen LogP contribution in [0, 0.1) is 6.92 Å². The van der Waals surface area contributed by atoms with Crippen LogP contribution in [0.3, 0.4) is 0 Å². The molecule has 1 aliphatic rings. The van der Waals surface area contributed by atoms with Crippen LogP contribution >= 0.6 is 12.4 Å². The number of rotatable bonds is 5. The summed E-state index contributed by atoms with van der Waals surface area (Å²) in [6.07, 6.45) is 0.400. The summed E-state index contributed by atoms with van der Waals surface area (Å²) in [6, 6.07) is 5.42. The van der Waals surface area contributed by atoms with Crippen molar-refractivity contribution < 1.29 is 14.3 Å². The normalized spacial score (nSPS) is 14.1. The van der Waals surface area contributed by atoms with Crippen LogP contribution in [0.25, 0.3) is 0 Å². The van der Waals surface area contributed by atoms with Crippen molar-refractivity contribution >= 4 is 29.9 Å². The minimum atomic E-state index is -0.0616. The quantitative estimate of drug-likeness (QED) is 0.850. The van der Waals surface area contributed by atoms with Crippen molar-refractivity contribution in [2.75, 3.05) is 45.2 Å². The molecule has 0 aliphatic carbocycles. The van der Waals surface area contributed by atoms with Gasteiger partial charge in [0.2, 0.25) is 5.91 Å². The molecule has 2 rings (SSSR count). The van der Waals surface area contributed by atoms with Gasteiger partial charge in [0.25, 0.3) is 5.91 Å². The van der Waals surface area contributed by atoms with Crippen LogP contribution in [-0.4, -0.2) is 56.6 Å². The maximum Gasteiger partial charge on any atom is 0.254 e. The van der Waals surface area contributed by atoms with Gasteiger partial charge in [-0.25, -0.2) is 0 Å². The van der Waals surface area contributed by atoms with E-state index in [9.17, 15) is 9.59 Å². The van der Waals surface area contributed by atoms with Gasteiger partial charge >= 0.3 is 0 Å². The topological polar surface area (TPSA) is 70.7 Å². The average molecular weight is 342 g/mol. The van der Waals surface area contributed by atoms with E-state index in [4.69, 9.17) is 4.74 Å². The number of amides is 2. The summed E-state index contributed by atoms with van der Waals surface area (Å²) >= 11 is 0. The van der Waals surface area contributed by atoms with Crippen LogP contribution in [-0.2, 0) is 9.53 Å². The predicted octanol–water partition coefficient (Wildman–Crippen LogP) is 1.44. The molecule has 1 fully saturated rings. The first-order valence-corrected chi connectivity index (χ1v) is 7.54. The highest BCUT2D eigenvalue weighted by molar-refractivity contribution is 5.97. The summed E-state index contributed by atoms with van der Waals surface area (Å²) in [5.41, 5.74) is 2.23. The first-order chi connectivity index (χ1) is 10.6. The minimum Gasteiger partial charge on any atom is -0.378 e. The van der Waals surface area contributed by atoms with Crippen LogP contribution < -0.4 is 10.6 Å². The van der Waals surface area contributed by atoms with Gasteiger partial charge in [-0.15, -0.1) is 12.4 Å². The lowest BCUT2D eigenvalue weighted by Gasteiger charge is -2.27. The van der Waals surface area contributed by atoms with Crippen LogP contribution in [0.2, 0.25) is 0 Å². The van der Waals surface area contributed by atoms with Crippen molar-refractivity contribution in [3.05, 3.63) is 29.3 Å². The van der Waals surface area contributed by atoms with Crippen molar-refractivity contribution in [2.45, 2.75) is 13.3 Å². The Bertz CT molecular complexity index is 545. The van der Waals surface area contributed by atoms with Crippen molar-refractivity contribution in [1.29, 1.82) is 0 Å². The smallest absolute Gasteiger partial charge is 0.254 e. The van der Waals surface area contributed by atoms with Crippen LogP contribution in [0.4, 0.5) is 5.69 Å². The fraction of sp³-hybridized carbons (Fsp3) is 0.500. The van der Waals surface area contributed by atoms with E-state index < -0.39 is 0 Å². The molecule has 6 nitrogen and oxygen atoms in total. The van der Waals surface area contributed by atoms with E-state index in [-0.39, 0.29) is 24.2 Å². The Kier molecular flexibility index (Phi) is 8.02. The minimum absolute atomic E-state index is 0. The highest BCUT2D eigenvalue weighted by atomic mass is 35.5. The largest absolute Gasteiger partial charge is 0.378 e. The van der Waals surface area contributed by atoms with Gasteiger partial charge in [0, 0.05) is 37.3 Å². The number of anilines is 1. The molecular weight excluding hydrogens is 318 g/mol. The third kappa shape index (κ3) is 5.49. The van der Waals surface area contributed by atoms with E-state index in [0.717, 1.165) is 5.56 Å². The van der Waals surface area contributed by atoms with E-state index in [1.807, 2.05) is 13.0 Å². The van der Waals surface area contributed by atoms with E-state index in [1.54, 1.807) is 24.1 Å². The lowest BCUT2D eigenvalue weighted by atomic mass is 10.1. The fourth-order valence-electron chi connectivity index (χ4n) is 2.29. The highest BCUT2D eigenvalue weighted by Gasteiger charge is 2.19. The summed E-state index contributed by atoms with van der Waals surface area (Å²) in [6.45, 7) is 4.90. The molecule has 1 heterocycles. The van der Waals surface area contributed by atoms with Crippen molar-refractivity contribution in [3.63, 3.8) is 0 Å². The molecule has 0 radical (unpaired) electrons. The van der Waals surface area contributed by atoms with Crippen LogP contribution in [0.5, 0.6) is 0 Å². The van der Waals surface area contributed by atoms with Gasteiger partial charge in [-0.05, 0) is 31.7 Å². The number of nitrogens with zero attached hydrogens (tertiary/aromatic N) is 1. The lowest BCUT2D eigenvalue weighted by molar-refractivity contribution is -0.116. The van der Waals surface area contributed by atoms with Crippen molar-refractivity contribution in [3.8, 4) is 0 Å². The Morgan fingerprint density at radius 3 is 2.61 bits per heavy atom. The maximum atomic E-state index is 12.5. The zero-order valence-corrected chi connectivity index (χ0v) is 14.4. The number of hydrogen-bond acceptors (Lipinski definition) is 4. The number of morpholine rings is 1. The Hall–Kier alpha value is -1.63. The number of ether oxygens (including phenoxy) is 1. The summed E-state index contributed by atoms with van der Waals surface area (Å²) in [7, 11) is 1.81. The molecule has 0 atom stereocenters. The Balaban J connectivity index is 0.00000264. The van der Waals surface area contributed by atoms with Gasteiger partial charge in [0.1, 0.15) is 0 Å². The second kappa shape index (κ2) is 9.50. The fourth-order valence-corrected chi connectivity index (χ4v) is 2.29. The molecule has 1 saturated heterocycles. The van der Waals surface area contributed by atoms with E-state index in [2.05, 4.69) is 10.6 Å². The number of benzene rings is 1. The summed E-state index contributed by atoms with van der Waals surface area (Å²) in [4.78, 5) is 26.1. The van der Waals surface area contributed by atoms with E-state index >= 15 is 0 Å². The molecule has 0 unspecified atom stereocenters. The van der Waals surface area contributed by atoms with Gasteiger partial charge < -0.3 is 20.3 Å². The standard InChI is InChI=1S/C16H23N3O3.ClH/c1-12-3-4-13(16(21)19-7-9-22-10-8-19)11-14(12)18-15(20)5-6-17-2;/h3-4,11,17H,5-10H2,1-2H3,(H,18,20);1H. The molecule has 7 heteroatoms. The number of aryl methyl sites for hydroxylation is 1. The molecule has 0 bridgehead atoms. The Morgan fingerprint density at radius 2 is 1.96 bits per heavy atom. The number of halogens is 1. The van der Waals surface area contributed by atoms with Gasteiger partial charge in [-0.3, -0.25) is 9.59 Å². The van der Waals surface area contributed by atoms with E-state index in [1.165, 1.54) is 0 Å². The van der Waals surface area contributed by atoms with E-state index in [0.29, 0.717) is 50.5 Å². The SMILES string of the molecule is CNCCC(=O)Nc1cc(C(=O)N2CCOCC2)ccc1C.Cl. The highest BCUT2D eigenvalue weighted by Crippen LogP contribution is 2.19. The summed E-state index contributed by atoms with van der Waals surface area (Å²) in [5, 5.41) is 5.81. The Morgan fingerprint density at radius 1 is 1.26 bits per heavy atom. The van der Waals surface area contributed by atoms with Crippen molar-refractivity contribution in [1.82, 2.24) is 10.2 Å². The van der Waals surface area contributed by atoms with Crippen LogP contribution in [0.1, 0.15) is 22.3 Å². The molecule has 1 aromatic carbocycles. The van der Waals surface area contributed by atoms with Crippen molar-refractivity contribution in [2.24, 2.45) is 0 Å². The molecule has 0 aromatic heterocycles. The second-order valence-corrected chi connectivity index (χ2v) is 5.34. The lowest BCUT2D eigenvalue weighted by Crippen LogP contribution is -2.40. The molecule has 128 valence electrons. The van der Waals surface area contributed by atoms with Crippen LogP contribution in [0.15, 0.2) is 18.2 Å².